The third-order valence-corrected chi connectivity index (χ3v) is 10.2. The van der Waals surface area contributed by atoms with E-state index >= 15 is 0 Å². The number of rotatable bonds is 19. The number of allylic oxidation sites excluding steroid dienone is 1. The van der Waals surface area contributed by atoms with Gasteiger partial charge in [0.15, 0.2) is 0 Å². The van der Waals surface area contributed by atoms with Gasteiger partial charge in [-0.1, -0.05) is 62.2 Å². The standard InChI is InChI=1S/C37H53N3O7/c1-6-9-14-23-39(22-8-3)35(44)33-37-21-20-28(47-37)30(31(37)34(43)40(33)24-15-16-25-41)36(45)46-32(27-17-12-11-13-18-27)26(4)38(5)29(42)19-10-7-2/h7-8,11-13,17-18,26,28,30-33,41H,2-3,6,9-10,14-16,19-25H2,1,4-5H3/t26-,28-,30+,31+,32+,33-,37+/m1/s1. The van der Waals surface area contributed by atoms with Gasteiger partial charge in [0.2, 0.25) is 17.7 Å². The molecule has 7 atom stereocenters. The number of hydrogen-bond acceptors (Lipinski definition) is 7. The molecule has 3 saturated heterocycles. The van der Waals surface area contributed by atoms with Gasteiger partial charge in [0.1, 0.15) is 17.7 Å². The predicted octanol–water partition coefficient (Wildman–Crippen LogP) is 4.44. The van der Waals surface area contributed by atoms with Gasteiger partial charge in [-0.05, 0) is 51.0 Å². The highest BCUT2D eigenvalue weighted by molar-refractivity contribution is 5.98. The molecule has 3 fully saturated rings. The molecule has 1 spiro atoms. The maximum Gasteiger partial charge on any atom is 0.313 e. The van der Waals surface area contributed by atoms with E-state index < -0.39 is 47.7 Å². The number of ether oxygens (including phenoxy) is 2. The fourth-order valence-corrected chi connectivity index (χ4v) is 7.63. The Kier molecular flexibility index (Phi) is 12.8. The Labute approximate surface area is 279 Å². The zero-order chi connectivity index (χ0) is 34.1. The lowest BCUT2D eigenvalue weighted by atomic mass is 9.70. The first-order valence-electron chi connectivity index (χ1n) is 17.3. The van der Waals surface area contributed by atoms with E-state index in [1.807, 2.05) is 37.3 Å². The molecular weight excluding hydrogens is 598 g/mol. The highest BCUT2D eigenvalue weighted by Gasteiger charge is 2.75. The summed E-state index contributed by atoms with van der Waals surface area (Å²) in [5.41, 5.74) is -0.406. The lowest BCUT2D eigenvalue weighted by molar-refractivity contribution is -0.164. The van der Waals surface area contributed by atoms with Crippen molar-refractivity contribution in [2.24, 2.45) is 11.8 Å². The second-order valence-corrected chi connectivity index (χ2v) is 13.1. The van der Waals surface area contributed by atoms with E-state index in [4.69, 9.17) is 9.47 Å². The van der Waals surface area contributed by atoms with Gasteiger partial charge in [-0.15, -0.1) is 13.2 Å². The monoisotopic (exact) mass is 651 g/mol. The zero-order valence-electron chi connectivity index (χ0n) is 28.4. The topological polar surface area (TPSA) is 117 Å². The van der Waals surface area contributed by atoms with Crippen LogP contribution in [0.25, 0.3) is 0 Å². The summed E-state index contributed by atoms with van der Waals surface area (Å²) in [5.74, 6) is -2.87. The number of aliphatic hydroxyl groups excluding tert-OH is 1. The van der Waals surface area contributed by atoms with Crippen LogP contribution in [0, 0.1) is 11.8 Å². The van der Waals surface area contributed by atoms with Gasteiger partial charge in [0.25, 0.3) is 0 Å². The van der Waals surface area contributed by atoms with Crippen molar-refractivity contribution in [3.8, 4) is 0 Å². The molecule has 1 N–H and O–H groups in total. The molecule has 10 nitrogen and oxygen atoms in total. The smallest absolute Gasteiger partial charge is 0.313 e. The Morgan fingerprint density at radius 1 is 1.15 bits per heavy atom. The van der Waals surface area contributed by atoms with E-state index in [1.54, 1.807) is 33.9 Å². The lowest BCUT2D eigenvalue weighted by Gasteiger charge is -2.37. The number of likely N-dealkylation sites (N-methyl/N-ethyl adjacent to an activating group) is 1. The van der Waals surface area contributed by atoms with Crippen molar-refractivity contribution in [3.05, 3.63) is 61.2 Å². The van der Waals surface area contributed by atoms with Crippen LogP contribution in [0.15, 0.2) is 55.6 Å². The summed E-state index contributed by atoms with van der Waals surface area (Å²) < 4.78 is 12.9. The van der Waals surface area contributed by atoms with Crippen LogP contribution in [-0.2, 0) is 28.7 Å². The zero-order valence-corrected chi connectivity index (χ0v) is 28.4. The van der Waals surface area contributed by atoms with Crippen LogP contribution in [0.4, 0.5) is 0 Å². The van der Waals surface area contributed by atoms with Gasteiger partial charge in [0, 0.05) is 39.7 Å². The molecule has 0 radical (unpaired) electrons. The molecule has 0 unspecified atom stereocenters. The maximum absolute atomic E-state index is 14.4. The van der Waals surface area contributed by atoms with Gasteiger partial charge in [-0.3, -0.25) is 19.2 Å². The second kappa shape index (κ2) is 16.6. The van der Waals surface area contributed by atoms with E-state index in [1.165, 1.54) is 0 Å². The molecular formula is C37H53N3O7. The van der Waals surface area contributed by atoms with Crippen molar-refractivity contribution in [3.63, 3.8) is 0 Å². The first-order chi connectivity index (χ1) is 22.7. The van der Waals surface area contributed by atoms with Crippen molar-refractivity contribution >= 4 is 23.7 Å². The highest BCUT2D eigenvalue weighted by atomic mass is 16.6. The molecule has 3 heterocycles. The van der Waals surface area contributed by atoms with Crippen molar-refractivity contribution in [1.82, 2.24) is 14.7 Å². The van der Waals surface area contributed by atoms with Crippen molar-refractivity contribution < 1.29 is 33.8 Å². The molecule has 0 aliphatic carbocycles. The van der Waals surface area contributed by atoms with E-state index in [9.17, 15) is 24.3 Å². The number of hydrogen-bond donors (Lipinski definition) is 1. The second-order valence-electron chi connectivity index (χ2n) is 13.1. The van der Waals surface area contributed by atoms with Gasteiger partial charge in [0.05, 0.1) is 24.0 Å². The van der Waals surface area contributed by atoms with E-state index in [-0.39, 0.29) is 30.9 Å². The minimum atomic E-state index is -1.14. The minimum absolute atomic E-state index is 0.0219. The fourth-order valence-electron chi connectivity index (χ4n) is 7.63. The first kappa shape index (κ1) is 36.3. The number of esters is 1. The summed E-state index contributed by atoms with van der Waals surface area (Å²) in [5, 5.41) is 9.47. The number of nitrogens with zero attached hydrogens (tertiary/aromatic N) is 3. The summed E-state index contributed by atoms with van der Waals surface area (Å²) in [6.07, 6.45) is 7.71. The molecule has 2 bridgehead atoms. The predicted molar refractivity (Wildman–Crippen MR) is 179 cm³/mol. The molecule has 1 aromatic rings. The summed E-state index contributed by atoms with van der Waals surface area (Å²) >= 11 is 0. The van der Waals surface area contributed by atoms with Gasteiger partial charge < -0.3 is 29.3 Å². The number of aliphatic hydroxyl groups is 1. The first-order valence-corrected chi connectivity index (χ1v) is 17.3. The number of amides is 3. The summed E-state index contributed by atoms with van der Waals surface area (Å²) in [6, 6.07) is 7.94. The Bertz CT molecular complexity index is 1270. The Hall–Kier alpha value is -3.50. The molecule has 3 amide bonds. The molecule has 3 aliphatic rings. The Morgan fingerprint density at radius 2 is 1.89 bits per heavy atom. The summed E-state index contributed by atoms with van der Waals surface area (Å²) in [7, 11) is 1.70. The average molecular weight is 652 g/mol. The molecule has 0 saturated carbocycles. The van der Waals surface area contributed by atoms with Crippen molar-refractivity contribution in [2.75, 3.05) is 33.3 Å². The quantitative estimate of drug-likeness (QED) is 0.134. The molecule has 3 aliphatic heterocycles. The number of carbonyl (C=O) groups excluding carboxylic acids is 4. The van der Waals surface area contributed by atoms with Crippen molar-refractivity contribution in [2.45, 2.75) is 102 Å². The summed E-state index contributed by atoms with van der Waals surface area (Å²) in [6.45, 7) is 12.7. The Balaban J connectivity index is 1.65. The number of unbranched alkanes of at least 4 members (excludes halogenated alkanes) is 3. The average Bonchev–Trinajstić information content (AvgIpc) is 3.72. The van der Waals surface area contributed by atoms with Crippen LogP contribution in [0.1, 0.15) is 83.3 Å². The number of carbonyl (C=O) groups is 4. The SMILES string of the molecule is C=CCCC(=O)N(C)[C@H](C)[C@H](OC(=O)[C@@H]1[C@H]2C(=O)N(CCCCO)[C@H](C(=O)N(CC=C)CCCCC)[C@]23CC[C@H]1O3)c1ccccc1. The van der Waals surface area contributed by atoms with E-state index in [0.717, 1.165) is 24.8 Å². The molecule has 1 aromatic carbocycles. The molecule has 0 aromatic heterocycles. The molecule has 47 heavy (non-hydrogen) atoms. The Morgan fingerprint density at radius 3 is 2.55 bits per heavy atom. The summed E-state index contributed by atoms with van der Waals surface area (Å²) in [4.78, 5) is 60.9. The molecule has 4 rings (SSSR count). The van der Waals surface area contributed by atoms with Crippen LogP contribution < -0.4 is 0 Å². The lowest BCUT2D eigenvalue weighted by Crippen LogP contribution is -2.56. The van der Waals surface area contributed by atoms with Crippen LogP contribution in [0.3, 0.4) is 0 Å². The minimum Gasteiger partial charge on any atom is -0.455 e. The fraction of sp³-hybridized carbons (Fsp3) is 0.622. The van der Waals surface area contributed by atoms with Crippen LogP contribution in [-0.4, -0.2) is 101 Å². The number of fused-ring (bicyclic) bond motifs is 1. The third kappa shape index (κ3) is 7.49. The normalized spacial score (nSPS) is 25.6. The maximum atomic E-state index is 14.4. The number of likely N-dealkylation sites (tertiary alicyclic amines) is 1. The highest BCUT2D eigenvalue weighted by Crippen LogP contribution is 2.59. The van der Waals surface area contributed by atoms with Crippen molar-refractivity contribution in [1.29, 1.82) is 0 Å². The van der Waals surface area contributed by atoms with Gasteiger partial charge in [-0.2, -0.15) is 0 Å². The van der Waals surface area contributed by atoms with Crippen LogP contribution in [0.2, 0.25) is 0 Å². The van der Waals surface area contributed by atoms with E-state index in [2.05, 4.69) is 20.1 Å². The molecule has 258 valence electrons. The largest absolute Gasteiger partial charge is 0.455 e. The van der Waals surface area contributed by atoms with Gasteiger partial charge in [-0.25, -0.2) is 0 Å². The van der Waals surface area contributed by atoms with Crippen LogP contribution >= 0.6 is 0 Å². The van der Waals surface area contributed by atoms with Crippen LogP contribution in [0.5, 0.6) is 0 Å². The third-order valence-electron chi connectivity index (χ3n) is 10.2. The van der Waals surface area contributed by atoms with Gasteiger partial charge >= 0.3 is 5.97 Å². The molecule has 10 heteroatoms. The van der Waals surface area contributed by atoms with E-state index in [0.29, 0.717) is 51.6 Å². The number of benzene rings is 1.